The number of nitrogens with zero attached hydrogens (tertiary/aromatic N) is 3. The molecule has 4 heteroatoms. The van der Waals surface area contributed by atoms with Gasteiger partial charge < -0.3 is 14.9 Å². The highest BCUT2D eigenvalue weighted by molar-refractivity contribution is 5.59. The molecule has 1 aromatic carbocycles. The van der Waals surface area contributed by atoms with Gasteiger partial charge in [-0.2, -0.15) is 5.26 Å². The Bertz CT molecular complexity index is 491. The Morgan fingerprint density at radius 2 is 2.21 bits per heavy atom. The third kappa shape index (κ3) is 2.89. The number of hydrogen-bond acceptors (Lipinski definition) is 4. The van der Waals surface area contributed by atoms with E-state index in [1.165, 1.54) is 0 Å². The van der Waals surface area contributed by atoms with Crippen molar-refractivity contribution in [2.75, 3.05) is 32.1 Å². The fraction of sp³-hybridized carbons (Fsp3) is 0.533. The molecule has 1 aliphatic heterocycles. The average molecular weight is 259 g/mol. The third-order valence-corrected chi connectivity index (χ3v) is 3.84. The first-order chi connectivity index (χ1) is 9.02. The molecular weight excluding hydrogens is 238 g/mol. The Morgan fingerprint density at radius 3 is 2.74 bits per heavy atom. The molecule has 0 aromatic heterocycles. The molecule has 1 fully saturated rings. The lowest BCUT2D eigenvalue weighted by Gasteiger charge is -2.25. The first-order valence-electron chi connectivity index (χ1n) is 6.66. The molecule has 1 N–H and O–H groups in total. The van der Waals surface area contributed by atoms with Crippen LogP contribution in [0.1, 0.15) is 30.6 Å². The number of likely N-dealkylation sites (N-methyl/N-ethyl adjacent to an activating group) is 1. The minimum Gasteiger partial charge on any atom is -0.389 e. The molecule has 2 rings (SSSR count). The van der Waals surface area contributed by atoms with E-state index in [0.29, 0.717) is 11.6 Å². The molecule has 102 valence electrons. The van der Waals surface area contributed by atoms with Crippen LogP contribution in [0.4, 0.5) is 5.69 Å². The summed E-state index contributed by atoms with van der Waals surface area (Å²) in [4.78, 5) is 4.50. The maximum atomic E-state index is 9.88. The van der Waals surface area contributed by atoms with E-state index in [-0.39, 0.29) is 0 Å². The molecule has 0 radical (unpaired) electrons. The predicted octanol–water partition coefficient (Wildman–Crippen LogP) is 1.75. The summed E-state index contributed by atoms with van der Waals surface area (Å²) in [7, 11) is 4.19. The molecule has 1 aromatic rings. The molecule has 19 heavy (non-hydrogen) atoms. The zero-order valence-corrected chi connectivity index (χ0v) is 11.8. The van der Waals surface area contributed by atoms with Crippen LogP contribution >= 0.6 is 0 Å². The van der Waals surface area contributed by atoms with E-state index in [2.05, 4.69) is 30.0 Å². The number of anilines is 1. The van der Waals surface area contributed by atoms with Gasteiger partial charge >= 0.3 is 0 Å². The number of benzene rings is 1. The summed E-state index contributed by atoms with van der Waals surface area (Å²) in [5, 5.41) is 18.9. The van der Waals surface area contributed by atoms with Crippen LogP contribution in [0.2, 0.25) is 0 Å². The van der Waals surface area contributed by atoms with Crippen LogP contribution in [0.5, 0.6) is 0 Å². The highest BCUT2D eigenvalue weighted by Gasteiger charge is 2.26. The second kappa shape index (κ2) is 5.60. The fourth-order valence-corrected chi connectivity index (χ4v) is 2.62. The van der Waals surface area contributed by atoms with Crippen LogP contribution in [-0.4, -0.2) is 43.2 Å². The third-order valence-electron chi connectivity index (χ3n) is 3.84. The molecule has 0 spiro atoms. The molecule has 1 heterocycles. The van der Waals surface area contributed by atoms with Gasteiger partial charge in [0, 0.05) is 30.4 Å². The first kappa shape index (κ1) is 13.9. The van der Waals surface area contributed by atoms with Gasteiger partial charge in [-0.05, 0) is 39.6 Å². The van der Waals surface area contributed by atoms with Crippen molar-refractivity contribution < 1.29 is 5.11 Å². The summed E-state index contributed by atoms with van der Waals surface area (Å²) in [5.74, 6) is 0. The maximum absolute atomic E-state index is 9.88. The Hall–Kier alpha value is -1.57. The lowest BCUT2D eigenvalue weighted by atomic mass is 10.0. The van der Waals surface area contributed by atoms with E-state index >= 15 is 0 Å². The first-order valence-corrected chi connectivity index (χ1v) is 6.66. The van der Waals surface area contributed by atoms with E-state index in [9.17, 15) is 5.11 Å². The molecule has 0 bridgehead atoms. The van der Waals surface area contributed by atoms with Gasteiger partial charge in [0.2, 0.25) is 0 Å². The second-order valence-electron chi connectivity index (χ2n) is 5.41. The minimum atomic E-state index is -0.513. The number of hydrogen-bond donors (Lipinski definition) is 1. The summed E-state index contributed by atoms with van der Waals surface area (Å²) in [5.41, 5.74) is 2.55. The lowest BCUT2D eigenvalue weighted by Crippen LogP contribution is -2.31. The number of rotatable bonds is 3. The summed E-state index contributed by atoms with van der Waals surface area (Å²) < 4.78 is 0. The molecule has 2 unspecified atom stereocenters. The Morgan fingerprint density at radius 1 is 1.47 bits per heavy atom. The number of nitriles is 1. The summed E-state index contributed by atoms with van der Waals surface area (Å²) in [6.07, 6.45) is 0.601. The molecule has 1 saturated heterocycles. The topological polar surface area (TPSA) is 50.5 Å². The van der Waals surface area contributed by atoms with Crippen LogP contribution < -0.4 is 4.90 Å². The van der Waals surface area contributed by atoms with Crippen molar-refractivity contribution in [2.45, 2.75) is 25.5 Å². The lowest BCUT2D eigenvalue weighted by molar-refractivity contribution is 0.199. The zero-order valence-electron chi connectivity index (χ0n) is 11.8. The minimum absolute atomic E-state index is 0.513. The summed E-state index contributed by atoms with van der Waals surface area (Å²) in [6, 6.07) is 8.23. The van der Waals surface area contributed by atoms with Gasteiger partial charge in [0.25, 0.3) is 0 Å². The highest BCUT2D eigenvalue weighted by Crippen LogP contribution is 2.30. The Labute approximate surface area is 114 Å². The number of aliphatic hydroxyl groups excluding tert-OH is 1. The fourth-order valence-electron chi connectivity index (χ4n) is 2.62. The van der Waals surface area contributed by atoms with E-state index in [0.717, 1.165) is 30.8 Å². The van der Waals surface area contributed by atoms with E-state index in [4.69, 9.17) is 5.26 Å². The zero-order chi connectivity index (χ0) is 14.0. The molecule has 4 nitrogen and oxygen atoms in total. The largest absolute Gasteiger partial charge is 0.389 e. The maximum Gasteiger partial charge on any atom is 0.0992 e. The molecule has 2 atom stereocenters. The van der Waals surface area contributed by atoms with Gasteiger partial charge in [0.1, 0.15) is 0 Å². The van der Waals surface area contributed by atoms with Crippen molar-refractivity contribution >= 4 is 5.69 Å². The standard InChI is InChI=1S/C15H21N3O/c1-11(19)14-5-4-12(9-16)8-15(14)18-7-6-13(10-18)17(2)3/h4-5,8,11,13,19H,6-7,10H2,1-3H3. The smallest absolute Gasteiger partial charge is 0.0992 e. The molecule has 0 amide bonds. The van der Waals surface area contributed by atoms with Crippen molar-refractivity contribution in [1.82, 2.24) is 4.90 Å². The SMILES string of the molecule is CC(O)c1ccc(C#N)cc1N1CCC(N(C)C)C1. The molecular formula is C15H21N3O. The van der Waals surface area contributed by atoms with Gasteiger partial charge in [0.15, 0.2) is 0 Å². The van der Waals surface area contributed by atoms with Crippen LogP contribution in [-0.2, 0) is 0 Å². The molecule has 0 saturated carbocycles. The summed E-state index contributed by atoms with van der Waals surface area (Å²) >= 11 is 0. The average Bonchev–Trinajstić information content (AvgIpc) is 2.87. The quantitative estimate of drug-likeness (QED) is 0.898. The monoisotopic (exact) mass is 259 g/mol. The Balaban J connectivity index is 2.31. The van der Waals surface area contributed by atoms with Crippen LogP contribution in [0.15, 0.2) is 18.2 Å². The number of aliphatic hydroxyl groups is 1. The van der Waals surface area contributed by atoms with Crippen molar-refractivity contribution in [3.8, 4) is 6.07 Å². The summed E-state index contributed by atoms with van der Waals surface area (Å²) in [6.45, 7) is 3.68. The van der Waals surface area contributed by atoms with Crippen molar-refractivity contribution in [3.05, 3.63) is 29.3 Å². The van der Waals surface area contributed by atoms with Crippen LogP contribution in [0.3, 0.4) is 0 Å². The van der Waals surface area contributed by atoms with Crippen molar-refractivity contribution in [1.29, 1.82) is 5.26 Å². The van der Waals surface area contributed by atoms with Crippen LogP contribution in [0, 0.1) is 11.3 Å². The van der Waals surface area contributed by atoms with E-state index in [1.54, 1.807) is 13.0 Å². The molecule has 1 aliphatic rings. The van der Waals surface area contributed by atoms with Gasteiger partial charge in [-0.3, -0.25) is 0 Å². The Kier molecular flexibility index (Phi) is 4.08. The molecule has 0 aliphatic carbocycles. The van der Waals surface area contributed by atoms with E-state index in [1.807, 2.05) is 12.1 Å². The van der Waals surface area contributed by atoms with Crippen LogP contribution in [0.25, 0.3) is 0 Å². The highest BCUT2D eigenvalue weighted by atomic mass is 16.3. The normalized spacial score (nSPS) is 20.6. The second-order valence-corrected chi connectivity index (χ2v) is 5.41. The van der Waals surface area contributed by atoms with Gasteiger partial charge in [-0.25, -0.2) is 0 Å². The van der Waals surface area contributed by atoms with Gasteiger partial charge in [-0.15, -0.1) is 0 Å². The predicted molar refractivity (Wildman–Crippen MR) is 76.1 cm³/mol. The van der Waals surface area contributed by atoms with Gasteiger partial charge in [0.05, 0.1) is 17.7 Å². The van der Waals surface area contributed by atoms with Gasteiger partial charge in [-0.1, -0.05) is 6.07 Å². The van der Waals surface area contributed by atoms with Crippen molar-refractivity contribution in [2.24, 2.45) is 0 Å². The van der Waals surface area contributed by atoms with Crippen molar-refractivity contribution in [3.63, 3.8) is 0 Å². The van der Waals surface area contributed by atoms with E-state index < -0.39 is 6.10 Å².